The minimum Gasteiger partial charge on any atom is -0.484 e. The van der Waals surface area contributed by atoms with Crippen molar-refractivity contribution in [1.82, 2.24) is 20.1 Å². The lowest BCUT2D eigenvalue weighted by atomic mass is 10.2. The second-order valence-electron chi connectivity index (χ2n) is 4.38. The largest absolute Gasteiger partial charge is 0.484 e. The number of carbonyl (C=O) groups excluding carboxylic acids is 1. The Morgan fingerprint density at radius 1 is 1.43 bits per heavy atom. The van der Waals surface area contributed by atoms with Crippen LogP contribution in [0.3, 0.4) is 0 Å². The lowest BCUT2D eigenvalue weighted by Gasteiger charge is -2.07. The third kappa shape index (κ3) is 4.31. The van der Waals surface area contributed by atoms with Gasteiger partial charge >= 0.3 is 0 Å². The van der Waals surface area contributed by atoms with Crippen LogP contribution in [0.2, 0.25) is 0 Å². The molecule has 0 bridgehead atoms. The summed E-state index contributed by atoms with van der Waals surface area (Å²) in [6.45, 7) is 0.410. The third-order valence-electron chi connectivity index (χ3n) is 2.83. The molecule has 0 unspecified atom stereocenters. The molecule has 21 heavy (non-hydrogen) atoms. The third-order valence-corrected chi connectivity index (χ3v) is 2.83. The van der Waals surface area contributed by atoms with Gasteiger partial charge in [-0.25, -0.2) is 0 Å². The van der Waals surface area contributed by atoms with Crippen LogP contribution < -0.4 is 10.1 Å². The summed E-state index contributed by atoms with van der Waals surface area (Å²) < 4.78 is 7.13. The van der Waals surface area contributed by atoms with E-state index in [1.165, 1.54) is 0 Å². The fourth-order valence-electron chi connectivity index (χ4n) is 1.67. The normalized spacial score (nSPS) is 9.90. The minimum atomic E-state index is -0.207. The van der Waals surface area contributed by atoms with Gasteiger partial charge in [0.25, 0.3) is 5.91 Å². The van der Waals surface area contributed by atoms with Crippen molar-refractivity contribution in [3.8, 4) is 11.8 Å². The molecule has 0 radical (unpaired) electrons. The van der Waals surface area contributed by atoms with Gasteiger partial charge in [0, 0.05) is 20.0 Å². The molecule has 0 aliphatic rings. The number of hydrogen-bond acceptors (Lipinski definition) is 5. The summed E-state index contributed by atoms with van der Waals surface area (Å²) in [6.07, 6.45) is 2.23. The van der Waals surface area contributed by atoms with Gasteiger partial charge in [-0.3, -0.25) is 4.79 Å². The number of hydrogen-bond donors (Lipinski definition) is 1. The van der Waals surface area contributed by atoms with E-state index in [1.807, 2.05) is 13.1 Å². The Labute approximate surface area is 122 Å². The first-order valence-corrected chi connectivity index (χ1v) is 6.41. The minimum absolute atomic E-state index is 0.0648. The van der Waals surface area contributed by atoms with Crippen LogP contribution in [0.4, 0.5) is 0 Å². The van der Waals surface area contributed by atoms with Gasteiger partial charge in [0.15, 0.2) is 6.61 Å². The zero-order valence-electron chi connectivity index (χ0n) is 11.6. The zero-order chi connectivity index (χ0) is 15.1. The van der Waals surface area contributed by atoms with Gasteiger partial charge in [-0.15, -0.1) is 10.2 Å². The standard InChI is InChI=1S/C14H15N5O2/c1-19-10-17-18-13(19)6-7-16-14(20)9-21-12-4-2-11(8-15)3-5-12/h2-5,10H,6-7,9H2,1H3,(H,16,20). The fraction of sp³-hybridized carbons (Fsp3) is 0.286. The number of ether oxygens (including phenoxy) is 1. The first-order chi connectivity index (χ1) is 10.2. The van der Waals surface area contributed by atoms with Gasteiger partial charge in [0.05, 0.1) is 11.6 Å². The van der Waals surface area contributed by atoms with E-state index in [0.717, 1.165) is 5.82 Å². The van der Waals surface area contributed by atoms with Crippen LogP contribution in [-0.2, 0) is 18.3 Å². The first-order valence-electron chi connectivity index (χ1n) is 6.41. The van der Waals surface area contributed by atoms with Gasteiger partial charge in [-0.2, -0.15) is 5.26 Å². The van der Waals surface area contributed by atoms with Crippen molar-refractivity contribution in [2.24, 2.45) is 7.05 Å². The lowest BCUT2D eigenvalue weighted by molar-refractivity contribution is -0.123. The number of nitrogens with one attached hydrogen (secondary N) is 1. The van der Waals surface area contributed by atoms with E-state index in [4.69, 9.17) is 10.00 Å². The Kier molecular flexibility index (Phi) is 4.88. The smallest absolute Gasteiger partial charge is 0.257 e. The Hall–Kier alpha value is -2.88. The van der Waals surface area contributed by atoms with Crippen molar-refractivity contribution in [3.63, 3.8) is 0 Å². The predicted molar refractivity (Wildman–Crippen MR) is 74.4 cm³/mol. The monoisotopic (exact) mass is 285 g/mol. The molecule has 1 aromatic carbocycles. The highest BCUT2D eigenvalue weighted by atomic mass is 16.5. The van der Waals surface area contributed by atoms with Crippen LogP contribution >= 0.6 is 0 Å². The molecule has 0 spiro atoms. The molecule has 7 heteroatoms. The zero-order valence-corrected chi connectivity index (χ0v) is 11.6. The highest BCUT2D eigenvalue weighted by molar-refractivity contribution is 5.77. The maximum absolute atomic E-state index is 11.6. The summed E-state index contributed by atoms with van der Waals surface area (Å²) in [5, 5.41) is 19.1. The molecule has 0 atom stereocenters. The van der Waals surface area contributed by atoms with Gasteiger partial charge in [0.2, 0.25) is 0 Å². The van der Waals surface area contributed by atoms with Crippen molar-refractivity contribution in [2.75, 3.05) is 13.2 Å². The maximum Gasteiger partial charge on any atom is 0.257 e. The van der Waals surface area contributed by atoms with E-state index in [2.05, 4.69) is 15.5 Å². The summed E-state index contributed by atoms with van der Waals surface area (Å²) in [4.78, 5) is 11.6. The van der Waals surface area contributed by atoms with Gasteiger partial charge in [-0.05, 0) is 24.3 Å². The molecule has 0 fully saturated rings. The fourth-order valence-corrected chi connectivity index (χ4v) is 1.67. The second-order valence-corrected chi connectivity index (χ2v) is 4.38. The molecule has 0 saturated heterocycles. The van der Waals surface area contributed by atoms with Crippen LogP contribution in [0.5, 0.6) is 5.75 Å². The molecule has 0 aliphatic carbocycles. The lowest BCUT2D eigenvalue weighted by Crippen LogP contribution is -2.31. The Morgan fingerprint density at radius 3 is 2.81 bits per heavy atom. The average molecular weight is 285 g/mol. The summed E-state index contributed by atoms with van der Waals surface area (Å²) in [5.74, 6) is 1.15. The van der Waals surface area contributed by atoms with E-state index in [-0.39, 0.29) is 12.5 Å². The van der Waals surface area contributed by atoms with Crippen molar-refractivity contribution in [3.05, 3.63) is 42.0 Å². The number of nitriles is 1. The highest BCUT2D eigenvalue weighted by Gasteiger charge is 2.04. The van der Waals surface area contributed by atoms with Crippen LogP contribution in [0, 0.1) is 11.3 Å². The Balaban J connectivity index is 1.70. The van der Waals surface area contributed by atoms with E-state index in [1.54, 1.807) is 35.2 Å². The number of benzene rings is 1. The quantitative estimate of drug-likeness (QED) is 0.830. The van der Waals surface area contributed by atoms with Crippen molar-refractivity contribution in [1.29, 1.82) is 5.26 Å². The molecule has 1 N–H and O–H groups in total. The molecule has 108 valence electrons. The number of aromatic nitrogens is 3. The molecule has 0 aliphatic heterocycles. The molecule has 1 heterocycles. The maximum atomic E-state index is 11.6. The van der Waals surface area contributed by atoms with Crippen molar-refractivity contribution < 1.29 is 9.53 Å². The average Bonchev–Trinajstić information content (AvgIpc) is 2.91. The van der Waals surface area contributed by atoms with Gasteiger partial charge in [0.1, 0.15) is 17.9 Å². The van der Waals surface area contributed by atoms with Crippen LogP contribution in [0.15, 0.2) is 30.6 Å². The summed E-state index contributed by atoms with van der Waals surface area (Å²) in [6, 6.07) is 8.61. The number of aryl methyl sites for hydroxylation is 1. The van der Waals surface area contributed by atoms with Crippen molar-refractivity contribution >= 4 is 5.91 Å². The molecule has 0 saturated carbocycles. The van der Waals surface area contributed by atoms with Crippen LogP contribution in [-0.4, -0.2) is 33.8 Å². The SMILES string of the molecule is Cn1cnnc1CCNC(=O)COc1ccc(C#N)cc1. The number of nitrogens with zero attached hydrogens (tertiary/aromatic N) is 4. The van der Waals surface area contributed by atoms with E-state index in [0.29, 0.717) is 24.3 Å². The molecule has 7 nitrogen and oxygen atoms in total. The first kappa shape index (κ1) is 14.5. The Morgan fingerprint density at radius 2 is 2.19 bits per heavy atom. The molecule has 1 aromatic heterocycles. The second kappa shape index (κ2) is 7.05. The van der Waals surface area contributed by atoms with E-state index < -0.39 is 0 Å². The van der Waals surface area contributed by atoms with E-state index in [9.17, 15) is 4.79 Å². The van der Waals surface area contributed by atoms with Crippen LogP contribution in [0.1, 0.15) is 11.4 Å². The topological polar surface area (TPSA) is 92.8 Å². The number of rotatable bonds is 6. The molecule has 1 amide bonds. The number of carbonyl (C=O) groups is 1. The van der Waals surface area contributed by atoms with E-state index >= 15 is 0 Å². The Bertz CT molecular complexity index is 642. The molecular formula is C14H15N5O2. The van der Waals surface area contributed by atoms with Gasteiger partial charge < -0.3 is 14.6 Å². The van der Waals surface area contributed by atoms with Crippen LogP contribution in [0.25, 0.3) is 0 Å². The van der Waals surface area contributed by atoms with Gasteiger partial charge in [-0.1, -0.05) is 0 Å². The highest BCUT2D eigenvalue weighted by Crippen LogP contribution is 2.11. The number of amides is 1. The summed E-state index contributed by atoms with van der Waals surface area (Å²) >= 11 is 0. The molecule has 2 aromatic rings. The van der Waals surface area contributed by atoms with Crippen molar-refractivity contribution in [2.45, 2.75) is 6.42 Å². The summed E-state index contributed by atoms with van der Waals surface area (Å²) in [5.41, 5.74) is 0.551. The molecular weight excluding hydrogens is 270 g/mol. The predicted octanol–water partition coefficient (Wildman–Crippen LogP) is 0.424. The summed E-state index contributed by atoms with van der Waals surface area (Å²) in [7, 11) is 1.85. The molecule has 2 rings (SSSR count).